The molecule has 18 heavy (non-hydrogen) atoms. The molecule has 0 spiro atoms. The van der Waals surface area contributed by atoms with Crippen LogP contribution in [0.5, 0.6) is 0 Å². The molecule has 1 aliphatic heterocycles. The average Bonchev–Trinajstić information content (AvgIpc) is 2.41. The Morgan fingerprint density at radius 1 is 1.11 bits per heavy atom. The first-order valence-corrected chi connectivity index (χ1v) is 6.28. The second-order valence-electron chi connectivity index (χ2n) is 4.85. The van der Waals surface area contributed by atoms with Crippen molar-refractivity contribution in [1.82, 2.24) is 5.32 Å². The van der Waals surface area contributed by atoms with Gasteiger partial charge < -0.3 is 11.1 Å². The molecule has 92 valence electrons. The highest BCUT2D eigenvalue weighted by Crippen LogP contribution is 2.25. The van der Waals surface area contributed by atoms with Gasteiger partial charge in [0.1, 0.15) is 0 Å². The Balaban J connectivity index is 2.00. The van der Waals surface area contributed by atoms with Gasteiger partial charge in [-0.3, -0.25) is 4.79 Å². The summed E-state index contributed by atoms with van der Waals surface area (Å²) in [5, 5.41) is 5.37. The molecule has 1 heterocycles. The quantitative estimate of drug-likeness (QED) is 0.802. The number of amides is 1. The number of carbonyl (C=O) groups is 1. The van der Waals surface area contributed by atoms with Crippen molar-refractivity contribution in [3.8, 4) is 0 Å². The molecule has 1 aliphatic rings. The molecular weight excluding hydrogens is 224 g/mol. The van der Waals surface area contributed by atoms with Crippen molar-refractivity contribution in [1.29, 1.82) is 0 Å². The number of carbonyl (C=O) groups excluding carboxylic acids is 1. The summed E-state index contributed by atoms with van der Waals surface area (Å²) in [6, 6.07) is 14.4. The minimum Gasteiger partial charge on any atom is -0.348 e. The van der Waals surface area contributed by atoms with Gasteiger partial charge in [-0.25, -0.2) is 0 Å². The molecule has 3 N–H and O–H groups in total. The summed E-state index contributed by atoms with van der Waals surface area (Å²) < 4.78 is 0. The van der Waals surface area contributed by atoms with Crippen LogP contribution in [-0.2, 0) is 4.79 Å². The van der Waals surface area contributed by atoms with Crippen LogP contribution in [0.1, 0.15) is 24.4 Å². The molecule has 0 aliphatic carbocycles. The molecule has 3 rings (SSSR count). The van der Waals surface area contributed by atoms with Crippen molar-refractivity contribution < 1.29 is 4.79 Å². The van der Waals surface area contributed by atoms with Gasteiger partial charge in [-0.1, -0.05) is 36.4 Å². The fraction of sp³-hybridized carbons (Fsp3) is 0.267. The summed E-state index contributed by atoms with van der Waals surface area (Å²) in [4.78, 5) is 11.5. The van der Waals surface area contributed by atoms with Gasteiger partial charge in [-0.05, 0) is 28.8 Å². The van der Waals surface area contributed by atoms with Gasteiger partial charge in [0.15, 0.2) is 0 Å². The number of hydrogen-bond donors (Lipinski definition) is 2. The molecule has 2 unspecified atom stereocenters. The van der Waals surface area contributed by atoms with Crippen LogP contribution in [0, 0.1) is 0 Å². The molecule has 1 saturated heterocycles. The maximum Gasteiger partial charge on any atom is 0.220 e. The van der Waals surface area contributed by atoms with Crippen molar-refractivity contribution >= 4 is 16.7 Å². The third kappa shape index (κ3) is 1.97. The SMILES string of the molecule is NC1CCC(=O)NC1c1ccc2ccccc2c1. The summed E-state index contributed by atoms with van der Waals surface area (Å²) in [6.45, 7) is 0. The molecule has 2 aromatic rings. The van der Waals surface area contributed by atoms with Crippen molar-refractivity contribution in [2.24, 2.45) is 5.73 Å². The Morgan fingerprint density at radius 3 is 2.72 bits per heavy atom. The Hall–Kier alpha value is -1.87. The van der Waals surface area contributed by atoms with E-state index in [4.69, 9.17) is 5.73 Å². The normalized spacial score (nSPS) is 23.9. The highest BCUT2D eigenvalue weighted by molar-refractivity contribution is 5.83. The van der Waals surface area contributed by atoms with E-state index in [0.717, 1.165) is 12.0 Å². The van der Waals surface area contributed by atoms with E-state index in [1.165, 1.54) is 10.8 Å². The van der Waals surface area contributed by atoms with Gasteiger partial charge >= 0.3 is 0 Å². The van der Waals surface area contributed by atoms with Crippen LogP contribution < -0.4 is 11.1 Å². The van der Waals surface area contributed by atoms with Gasteiger partial charge in [0, 0.05) is 12.5 Å². The van der Waals surface area contributed by atoms with Gasteiger partial charge in [0.2, 0.25) is 5.91 Å². The molecule has 1 fully saturated rings. The Labute approximate surface area is 106 Å². The lowest BCUT2D eigenvalue weighted by atomic mass is 9.91. The van der Waals surface area contributed by atoms with Gasteiger partial charge in [0.25, 0.3) is 0 Å². The Bertz CT molecular complexity index is 594. The lowest BCUT2D eigenvalue weighted by Crippen LogP contribution is -2.45. The molecule has 2 atom stereocenters. The van der Waals surface area contributed by atoms with E-state index < -0.39 is 0 Å². The number of piperidine rings is 1. The van der Waals surface area contributed by atoms with Gasteiger partial charge in [0.05, 0.1) is 6.04 Å². The molecular formula is C15H16N2O. The molecule has 0 aromatic heterocycles. The van der Waals surface area contributed by atoms with E-state index in [-0.39, 0.29) is 18.0 Å². The number of rotatable bonds is 1. The standard InChI is InChI=1S/C15H16N2O/c16-13-7-8-14(18)17-15(13)12-6-5-10-3-1-2-4-11(10)9-12/h1-6,9,13,15H,7-8,16H2,(H,17,18). The maximum absolute atomic E-state index is 11.5. The second kappa shape index (κ2) is 4.42. The summed E-state index contributed by atoms with van der Waals surface area (Å²) in [5.74, 6) is 0.0925. The minimum atomic E-state index is -0.0594. The zero-order valence-electron chi connectivity index (χ0n) is 10.1. The van der Waals surface area contributed by atoms with E-state index in [2.05, 4.69) is 35.6 Å². The number of nitrogens with one attached hydrogen (secondary N) is 1. The summed E-state index contributed by atoms with van der Waals surface area (Å²) >= 11 is 0. The molecule has 3 nitrogen and oxygen atoms in total. The zero-order chi connectivity index (χ0) is 12.5. The van der Waals surface area contributed by atoms with Gasteiger partial charge in [-0.15, -0.1) is 0 Å². The van der Waals surface area contributed by atoms with E-state index in [0.29, 0.717) is 6.42 Å². The predicted octanol–water partition coefficient (Wildman–Crippen LogP) is 2.12. The minimum absolute atomic E-state index is 0.00358. The summed E-state index contributed by atoms with van der Waals surface area (Å²) in [5.41, 5.74) is 7.19. The summed E-state index contributed by atoms with van der Waals surface area (Å²) in [6.07, 6.45) is 1.29. The third-order valence-electron chi connectivity index (χ3n) is 3.58. The van der Waals surface area contributed by atoms with Crippen LogP contribution in [0.2, 0.25) is 0 Å². The number of benzene rings is 2. The fourth-order valence-electron chi connectivity index (χ4n) is 2.55. The van der Waals surface area contributed by atoms with E-state index in [1.807, 2.05) is 12.1 Å². The largest absolute Gasteiger partial charge is 0.348 e. The van der Waals surface area contributed by atoms with E-state index >= 15 is 0 Å². The lowest BCUT2D eigenvalue weighted by molar-refractivity contribution is -0.123. The average molecular weight is 240 g/mol. The highest BCUT2D eigenvalue weighted by atomic mass is 16.1. The van der Waals surface area contributed by atoms with Crippen LogP contribution in [-0.4, -0.2) is 11.9 Å². The zero-order valence-corrected chi connectivity index (χ0v) is 10.1. The molecule has 0 radical (unpaired) electrons. The molecule has 0 bridgehead atoms. The van der Waals surface area contributed by atoms with Crippen LogP contribution in [0.3, 0.4) is 0 Å². The highest BCUT2D eigenvalue weighted by Gasteiger charge is 2.26. The Kier molecular flexibility index (Phi) is 2.76. The first-order valence-electron chi connectivity index (χ1n) is 6.28. The molecule has 1 amide bonds. The Morgan fingerprint density at radius 2 is 1.89 bits per heavy atom. The van der Waals surface area contributed by atoms with Crippen molar-refractivity contribution in [3.05, 3.63) is 48.0 Å². The van der Waals surface area contributed by atoms with Gasteiger partial charge in [-0.2, -0.15) is 0 Å². The maximum atomic E-state index is 11.5. The number of hydrogen-bond acceptors (Lipinski definition) is 2. The predicted molar refractivity (Wildman–Crippen MR) is 72.0 cm³/mol. The van der Waals surface area contributed by atoms with Crippen molar-refractivity contribution in [2.75, 3.05) is 0 Å². The lowest BCUT2D eigenvalue weighted by Gasteiger charge is -2.30. The smallest absolute Gasteiger partial charge is 0.220 e. The monoisotopic (exact) mass is 240 g/mol. The fourth-order valence-corrected chi connectivity index (χ4v) is 2.55. The molecule has 0 saturated carbocycles. The van der Waals surface area contributed by atoms with Crippen LogP contribution >= 0.6 is 0 Å². The van der Waals surface area contributed by atoms with Crippen molar-refractivity contribution in [2.45, 2.75) is 24.9 Å². The van der Waals surface area contributed by atoms with E-state index in [9.17, 15) is 4.79 Å². The second-order valence-corrected chi connectivity index (χ2v) is 4.85. The van der Waals surface area contributed by atoms with Crippen molar-refractivity contribution in [3.63, 3.8) is 0 Å². The van der Waals surface area contributed by atoms with E-state index in [1.54, 1.807) is 0 Å². The van der Waals surface area contributed by atoms with Crippen LogP contribution in [0.15, 0.2) is 42.5 Å². The molecule has 2 aromatic carbocycles. The first-order chi connectivity index (χ1) is 8.74. The van der Waals surface area contributed by atoms with Crippen LogP contribution in [0.25, 0.3) is 10.8 Å². The molecule has 3 heteroatoms. The topological polar surface area (TPSA) is 55.1 Å². The summed E-state index contributed by atoms with van der Waals surface area (Å²) in [7, 11) is 0. The van der Waals surface area contributed by atoms with Crippen LogP contribution in [0.4, 0.5) is 0 Å². The number of nitrogens with two attached hydrogens (primary N) is 1. The first kappa shape index (κ1) is 11.2. The number of fused-ring (bicyclic) bond motifs is 1. The third-order valence-corrected chi connectivity index (χ3v) is 3.58.